The molecule has 0 heterocycles. The molecule has 4 aliphatic rings. The molecule has 4 fully saturated rings. The molecule has 11 atom stereocenters. The molecule has 0 amide bonds. The third-order valence-corrected chi connectivity index (χ3v) is 12.1. The van der Waals surface area contributed by atoms with Crippen LogP contribution in [0.1, 0.15) is 113 Å². The van der Waals surface area contributed by atoms with Crippen molar-refractivity contribution in [2.24, 2.45) is 64.1 Å². The monoisotopic (exact) mass is 416 g/mol. The standard InChI is InChI=1S/C29H52O/c1-18(2)19(3)8-9-20(4)23-12-13-25-22-10-11-24-21(5)27(30)15-17-29(24,7)26(22)14-16-28(23,25)6/h18-27,30H,8-17H2,1-7H3. The van der Waals surface area contributed by atoms with E-state index in [4.69, 9.17) is 0 Å². The number of hydrogen-bond donors (Lipinski definition) is 1. The van der Waals surface area contributed by atoms with Gasteiger partial charge in [-0.05, 0) is 115 Å². The van der Waals surface area contributed by atoms with E-state index in [1.807, 2.05) is 0 Å². The van der Waals surface area contributed by atoms with Crippen molar-refractivity contribution < 1.29 is 5.11 Å². The predicted molar refractivity (Wildman–Crippen MR) is 128 cm³/mol. The van der Waals surface area contributed by atoms with E-state index in [9.17, 15) is 5.11 Å². The van der Waals surface area contributed by atoms with Gasteiger partial charge in [-0.3, -0.25) is 0 Å². The summed E-state index contributed by atoms with van der Waals surface area (Å²) in [7, 11) is 0. The Hall–Kier alpha value is -0.0400. The lowest BCUT2D eigenvalue weighted by molar-refractivity contribution is -0.149. The van der Waals surface area contributed by atoms with Crippen molar-refractivity contribution in [3.05, 3.63) is 0 Å². The van der Waals surface area contributed by atoms with E-state index in [0.717, 1.165) is 53.8 Å². The number of aliphatic hydroxyl groups is 1. The Bertz CT molecular complexity index is 597. The van der Waals surface area contributed by atoms with E-state index in [1.54, 1.807) is 0 Å². The minimum absolute atomic E-state index is 0.0431. The van der Waals surface area contributed by atoms with E-state index in [0.29, 0.717) is 16.7 Å². The highest BCUT2D eigenvalue weighted by Crippen LogP contribution is 2.68. The first-order valence-corrected chi connectivity index (χ1v) is 13.8. The molecule has 0 aromatic heterocycles. The van der Waals surface area contributed by atoms with Crippen LogP contribution in [0.25, 0.3) is 0 Å². The van der Waals surface area contributed by atoms with E-state index < -0.39 is 0 Å². The molecule has 4 saturated carbocycles. The van der Waals surface area contributed by atoms with Crippen molar-refractivity contribution in [1.82, 2.24) is 0 Å². The zero-order chi connectivity index (χ0) is 21.8. The highest BCUT2D eigenvalue weighted by molar-refractivity contribution is 5.10. The Labute approximate surface area is 188 Å². The molecule has 0 saturated heterocycles. The first-order valence-electron chi connectivity index (χ1n) is 13.8. The van der Waals surface area contributed by atoms with Crippen molar-refractivity contribution in [3.8, 4) is 0 Å². The number of rotatable bonds is 5. The van der Waals surface area contributed by atoms with E-state index in [2.05, 4.69) is 48.5 Å². The summed E-state index contributed by atoms with van der Waals surface area (Å²) < 4.78 is 0. The Balaban J connectivity index is 1.47. The summed E-state index contributed by atoms with van der Waals surface area (Å²) in [6.07, 6.45) is 13.9. The van der Waals surface area contributed by atoms with Gasteiger partial charge in [0.25, 0.3) is 0 Å². The molecular weight excluding hydrogens is 364 g/mol. The van der Waals surface area contributed by atoms with Gasteiger partial charge in [0.2, 0.25) is 0 Å². The summed E-state index contributed by atoms with van der Waals surface area (Å²) in [5.74, 6) is 7.70. The van der Waals surface area contributed by atoms with Gasteiger partial charge in [-0.15, -0.1) is 0 Å². The Kier molecular flexibility index (Phi) is 6.47. The largest absolute Gasteiger partial charge is 0.393 e. The van der Waals surface area contributed by atoms with Crippen molar-refractivity contribution in [3.63, 3.8) is 0 Å². The van der Waals surface area contributed by atoms with E-state index in [-0.39, 0.29) is 6.10 Å². The van der Waals surface area contributed by atoms with Crippen LogP contribution in [-0.2, 0) is 0 Å². The summed E-state index contributed by atoms with van der Waals surface area (Å²) in [5.41, 5.74) is 1.10. The van der Waals surface area contributed by atoms with Crippen LogP contribution in [0.5, 0.6) is 0 Å². The van der Waals surface area contributed by atoms with Crippen LogP contribution in [-0.4, -0.2) is 11.2 Å². The molecule has 30 heavy (non-hydrogen) atoms. The average Bonchev–Trinajstić information content (AvgIpc) is 3.06. The lowest BCUT2D eigenvalue weighted by Gasteiger charge is -2.62. The molecule has 1 heteroatoms. The van der Waals surface area contributed by atoms with Crippen molar-refractivity contribution >= 4 is 0 Å². The second-order valence-corrected chi connectivity index (χ2v) is 13.5. The van der Waals surface area contributed by atoms with Crippen LogP contribution < -0.4 is 0 Å². The van der Waals surface area contributed by atoms with Gasteiger partial charge in [-0.25, -0.2) is 0 Å². The molecule has 0 radical (unpaired) electrons. The molecule has 4 aliphatic carbocycles. The van der Waals surface area contributed by atoms with Crippen LogP contribution in [0.3, 0.4) is 0 Å². The summed E-state index contributed by atoms with van der Waals surface area (Å²) in [4.78, 5) is 0. The summed E-state index contributed by atoms with van der Waals surface area (Å²) >= 11 is 0. The Morgan fingerprint density at radius 3 is 2.10 bits per heavy atom. The minimum atomic E-state index is -0.0431. The number of aliphatic hydroxyl groups excluding tert-OH is 1. The molecule has 0 aliphatic heterocycles. The molecule has 1 nitrogen and oxygen atoms in total. The van der Waals surface area contributed by atoms with Crippen LogP contribution in [0.4, 0.5) is 0 Å². The fourth-order valence-electron chi connectivity index (χ4n) is 9.75. The maximum atomic E-state index is 10.5. The van der Waals surface area contributed by atoms with Crippen LogP contribution in [0.15, 0.2) is 0 Å². The van der Waals surface area contributed by atoms with Crippen molar-refractivity contribution in [1.29, 1.82) is 0 Å². The second kappa shape index (κ2) is 8.39. The third-order valence-electron chi connectivity index (χ3n) is 12.1. The van der Waals surface area contributed by atoms with Gasteiger partial charge in [0, 0.05) is 0 Å². The molecule has 174 valence electrons. The van der Waals surface area contributed by atoms with Gasteiger partial charge in [0.05, 0.1) is 6.10 Å². The molecule has 1 N–H and O–H groups in total. The maximum Gasteiger partial charge on any atom is 0.0568 e. The van der Waals surface area contributed by atoms with Gasteiger partial charge in [0.1, 0.15) is 0 Å². The van der Waals surface area contributed by atoms with Gasteiger partial charge >= 0.3 is 0 Å². The predicted octanol–water partition coefficient (Wildman–Crippen LogP) is 7.96. The molecule has 0 aromatic rings. The van der Waals surface area contributed by atoms with Crippen LogP contribution in [0.2, 0.25) is 0 Å². The van der Waals surface area contributed by atoms with E-state index >= 15 is 0 Å². The third kappa shape index (κ3) is 3.62. The quantitative estimate of drug-likeness (QED) is 0.482. The zero-order valence-corrected chi connectivity index (χ0v) is 21.3. The summed E-state index contributed by atoms with van der Waals surface area (Å²) in [5, 5.41) is 10.5. The maximum absolute atomic E-state index is 10.5. The lowest BCUT2D eigenvalue weighted by atomic mass is 9.43. The smallest absolute Gasteiger partial charge is 0.0568 e. The Morgan fingerprint density at radius 2 is 1.40 bits per heavy atom. The minimum Gasteiger partial charge on any atom is -0.393 e. The normalized spacial score (nSPS) is 50.5. The molecule has 0 aromatic carbocycles. The molecule has 0 spiro atoms. The highest BCUT2D eigenvalue weighted by Gasteiger charge is 2.61. The molecular formula is C29H52O. The summed E-state index contributed by atoms with van der Waals surface area (Å²) in [6, 6.07) is 0. The van der Waals surface area contributed by atoms with Gasteiger partial charge in [-0.2, -0.15) is 0 Å². The Morgan fingerprint density at radius 1 is 0.767 bits per heavy atom. The van der Waals surface area contributed by atoms with Crippen LogP contribution in [0, 0.1) is 64.1 Å². The van der Waals surface area contributed by atoms with Crippen molar-refractivity contribution in [2.45, 2.75) is 119 Å². The number of fused-ring (bicyclic) bond motifs is 5. The first kappa shape index (κ1) is 23.1. The fraction of sp³-hybridized carbons (Fsp3) is 1.00. The van der Waals surface area contributed by atoms with Gasteiger partial charge < -0.3 is 5.11 Å². The fourth-order valence-corrected chi connectivity index (χ4v) is 9.75. The number of hydrogen-bond acceptors (Lipinski definition) is 1. The highest BCUT2D eigenvalue weighted by atomic mass is 16.3. The lowest BCUT2D eigenvalue weighted by Crippen LogP contribution is -2.56. The average molecular weight is 417 g/mol. The van der Waals surface area contributed by atoms with Crippen molar-refractivity contribution in [2.75, 3.05) is 0 Å². The first-order chi connectivity index (χ1) is 14.1. The summed E-state index contributed by atoms with van der Waals surface area (Å²) in [6.45, 7) is 17.6. The SMILES string of the molecule is CC(C)C(C)CCC(C)C1CCC2C3CCC4C(C)C(O)CCC4(C)C3CCC12C. The topological polar surface area (TPSA) is 20.2 Å². The molecule has 11 unspecified atom stereocenters. The van der Waals surface area contributed by atoms with Crippen LogP contribution >= 0.6 is 0 Å². The second-order valence-electron chi connectivity index (χ2n) is 13.5. The van der Waals surface area contributed by atoms with E-state index in [1.165, 1.54) is 57.8 Å². The molecule has 4 rings (SSSR count). The van der Waals surface area contributed by atoms with Gasteiger partial charge in [0.15, 0.2) is 0 Å². The van der Waals surface area contributed by atoms with Gasteiger partial charge in [-0.1, -0.05) is 61.3 Å². The zero-order valence-electron chi connectivity index (χ0n) is 21.3. The molecule has 0 bridgehead atoms.